The van der Waals surface area contributed by atoms with Crippen LogP contribution in [0.4, 0.5) is 0 Å². The molecule has 2 heterocycles. The van der Waals surface area contributed by atoms with E-state index in [1.807, 2.05) is 30.5 Å². The monoisotopic (exact) mass is 553 g/mol. The third-order valence-electron chi connectivity index (χ3n) is 5.88. The minimum Gasteiger partial charge on any atom is -0.339 e. The third-order valence-corrected chi connectivity index (χ3v) is 11.3. The van der Waals surface area contributed by atoms with Crippen molar-refractivity contribution < 1.29 is 21.6 Å². The molecule has 0 unspecified atom stereocenters. The van der Waals surface area contributed by atoms with E-state index in [0.717, 1.165) is 22.1 Å². The molecule has 4 rings (SSSR count). The van der Waals surface area contributed by atoms with E-state index in [1.165, 1.54) is 22.1 Å². The second-order valence-corrected chi connectivity index (χ2v) is 13.9. The summed E-state index contributed by atoms with van der Waals surface area (Å²) >= 11 is 2.69. The summed E-state index contributed by atoms with van der Waals surface area (Å²) in [5.41, 5.74) is 0. The van der Waals surface area contributed by atoms with Crippen molar-refractivity contribution in [1.29, 1.82) is 0 Å². The molecule has 1 atom stereocenters. The normalized spacial score (nSPS) is 16.4. The Balaban J connectivity index is 1.47. The molecule has 8 nitrogen and oxygen atoms in total. The van der Waals surface area contributed by atoms with Gasteiger partial charge in [-0.3, -0.25) is 4.79 Å². The minimum atomic E-state index is -3.94. The number of amides is 1. The van der Waals surface area contributed by atoms with E-state index in [0.29, 0.717) is 12.2 Å². The lowest BCUT2D eigenvalue weighted by molar-refractivity contribution is -0.134. The first-order valence-electron chi connectivity index (χ1n) is 11.0. The number of nitrogens with one attached hydrogen (secondary N) is 1. The lowest BCUT2D eigenvalue weighted by Gasteiger charge is -2.35. The number of fused-ring (bicyclic) bond motifs is 1. The zero-order valence-electron chi connectivity index (χ0n) is 19.2. The van der Waals surface area contributed by atoms with Crippen molar-refractivity contribution in [2.75, 3.05) is 38.2 Å². The van der Waals surface area contributed by atoms with Gasteiger partial charge >= 0.3 is 0 Å². The lowest BCUT2D eigenvalue weighted by Crippen LogP contribution is -2.55. The van der Waals surface area contributed by atoms with Crippen LogP contribution >= 0.6 is 23.1 Å². The number of benzene rings is 2. The Morgan fingerprint density at radius 3 is 2.37 bits per heavy atom. The molecule has 1 amide bonds. The van der Waals surface area contributed by atoms with E-state index in [-0.39, 0.29) is 41.2 Å². The molecule has 1 aliphatic heterocycles. The first-order valence-corrected chi connectivity index (χ1v) is 16.2. The van der Waals surface area contributed by atoms with Crippen LogP contribution in [0.5, 0.6) is 0 Å². The maximum Gasteiger partial charge on any atom is 0.252 e. The Kier molecular flexibility index (Phi) is 8.19. The summed E-state index contributed by atoms with van der Waals surface area (Å²) in [6.45, 7) is 0.741. The second-order valence-electron chi connectivity index (χ2n) is 8.13. The van der Waals surface area contributed by atoms with Gasteiger partial charge in [0.25, 0.3) is 10.0 Å². The Morgan fingerprint density at radius 2 is 1.71 bits per heavy atom. The van der Waals surface area contributed by atoms with E-state index in [4.69, 9.17) is 0 Å². The van der Waals surface area contributed by atoms with Crippen LogP contribution in [0.15, 0.2) is 69.1 Å². The van der Waals surface area contributed by atoms with Crippen LogP contribution in [-0.2, 0) is 24.8 Å². The molecule has 12 heteroatoms. The zero-order valence-corrected chi connectivity index (χ0v) is 22.4. The number of piperazine rings is 1. The Morgan fingerprint density at radius 1 is 1.00 bits per heavy atom. The molecular formula is C23H27N3O5S4. The fourth-order valence-corrected chi connectivity index (χ4v) is 8.26. The number of thioether (sulfide) groups is 1. The summed E-state index contributed by atoms with van der Waals surface area (Å²) in [5, 5.41) is 3.44. The van der Waals surface area contributed by atoms with Crippen molar-refractivity contribution in [2.45, 2.75) is 21.6 Å². The second kappa shape index (κ2) is 11.0. The number of sulfonamides is 2. The van der Waals surface area contributed by atoms with Crippen LogP contribution in [0.1, 0.15) is 6.42 Å². The molecule has 188 valence electrons. The van der Waals surface area contributed by atoms with Crippen molar-refractivity contribution in [2.24, 2.45) is 0 Å². The van der Waals surface area contributed by atoms with Crippen LogP contribution in [0.2, 0.25) is 0 Å². The fourth-order valence-electron chi connectivity index (χ4n) is 3.97. The molecule has 2 aromatic carbocycles. The van der Waals surface area contributed by atoms with Crippen LogP contribution in [0.25, 0.3) is 10.8 Å². The van der Waals surface area contributed by atoms with Crippen LogP contribution in [0.3, 0.4) is 0 Å². The highest BCUT2D eigenvalue weighted by molar-refractivity contribution is 7.98. The summed E-state index contributed by atoms with van der Waals surface area (Å²) in [4.78, 5) is 15.0. The Labute approximate surface area is 214 Å². The molecule has 3 aromatic rings. The van der Waals surface area contributed by atoms with Crippen molar-refractivity contribution >= 4 is 59.8 Å². The third kappa shape index (κ3) is 5.89. The summed E-state index contributed by atoms with van der Waals surface area (Å²) in [6, 6.07) is 14.7. The SMILES string of the molecule is CSCC[C@@H](NS(=O)(=O)c1ccc2ccccc2c1)C(=O)N1CCN(S(=O)(=O)c2cccs2)CC1. The number of hydrogen-bond acceptors (Lipinski definition) is 7. The van der Waals surface area contributed by atoms with Crippen molar-refractivity contribution in [3.63, 3.8) is 0 Å². The van der Waals surface area contributed by atoms with E-state index < -0.39 is 26.1 Å². The van der Waals surface area contributed by atoms with Gasteiger partial charge in [-0.2, -0.15) is 20.8 Å². The van der Waals surface area contributed by atoms with E-state index in [9.17, 15) is 21.6 Å². The molecule has 1 aliphatic rings. The maximum absolute atomic E-state index is 13.3. The predicted octanol–water partition coefficient (Wildman–Crippen LogP) is 2.83. The first kappa shape index (κ1) is 26.1. The van der Waals surface area contributed by atoms with Gasteiger partial charge in [0.05, 0.1) is 4.90 Å². The summed E-state index contributed by atoms with van der Waals surface area (Å²) in [7, 11) is -7.53. The quantitative estimate of drug-likeness (QED) is 0.437. The number of carbonyl (C=O) groups is 1. The van der Waals surface area contributed by atoms with Crippen molar-refractivity contribution in [1.82, 2.24) is 13.9 Å². The molecule has 1 aromatic heterocycles. The topological polar surface area (TPSA) is 104 Å². The van der Waals surface area contributed by atoms with Crippen LogP contribution in [0, 0.1) is 0 Å². The van der Waals surface area contributed by atoms with Crippen LogP contribution < -0.4 is 4.72 Å². The van der Waals surface area contributed by atoms with E-state index in [1.54, 1.807) is 34.5 Å². The number of nitrogens with zero attached hydrogens (tertiary/aromatic N) is 2. The number of carbonyl (C=O) groups excluding carboxylic acids is 1. The van der Waals surface area contributed by atoms with Gasteiger partial charge in [-0.15, -0.1) is 11.3 Å². The summed E-state index contributed by atoms with van der Waals surface area (Å²) < 4.78 is 56.2. The molecule has 0 saturated carbocycles. The van der Waals surface area contributed by atoms with Gasteiger partial charge in [0.2, 0.25) is 15.9 Å². The Hall–Kier alpha value is -1.96. The average molecular weight is 554 g/mol. The maximum atomic E-state index is 13.3. The summed E-state index contributed by atoms with van der Waals surface area (Å²) in [6.07, 6.45) is 2.23. The highest BCUT2D eigenvalue weighted by Gasteiger charge is 2.34. The average Bonchev–Trinajstić information content (AvgIpc) is 3.42. The highest BCUT2D eigenvalue weighted by atomic mass is 32.2. The van der Waals surface area contributed by atoms with Gasteiger partial charge in [-0.1, -0.05) is 36.4 Å². The van der Waals surface area contributed by atoms with Gasteiger partial charge in [-0.25, -0.2) is 16.8 Å². The predicted molar refractivity (Wildman–Crippen MR) is 141 cm³/mol. The minimum absolute atomic E-state index is 0.102. The van der Waals surface area contributed by atoms with E-state index >= 15 is 0 Å². The molecule has 0 bridgehead atoms. The fraction of sp³-hybridized carbons (Fsp3) is 0.348. The first-order chi connectivity index (χ1) is 16.7. The lowest BCUT2D eigenvalue weighted by atomic mass is 10.1. The smallest absolute Gasteiger partial charge is 0.252 e. The molecule has 35 heavy (non-hydrogen) atoms. The summed E-state index contributed by atoms with van der Waals surface area (Å²) in [5.74, 6) is 0.264. The number of rotatable bonds is 9. The molecule has 1 saturated heterocycles. The standard InChI is InChI=1S/C23H27N3O5S4/c1-32-16-10-21(24-34(28,29)20-9-8-18-5-2-3-6-19(18)17-20)23(27)25-11-13-26(14-12-25)35(30,31)22-7-4-15-33-22/h2-9,15,17,21,24H,10-14,16H2,1H3/t21-/m1/s1. The van der Waals surface area contributed by atoms with Gasteiger partial charge in [0.15, 0.2) is 0 Å². The van der Waals surface area contributed by atoms with Gasteiger partial charge in [0, 0.05) is 26.2 Å². The van der Waals surface area contributed by atoms with Crippen molar-refractivity contribution in [3.05, 3.63) is 60.0 Å². The van der Waals surface area contributed by atoms with Gasteiger partial charge in [0.1, 0.15) is 10.3 Å². The Bertz CT molecular complexity index is 1380. The molecule has 1 N–H and O–H groups in total. The number of thiophene rings is 1. The molecule has 0 radical (unpaired) electrons. The molecule has 0 aliphatic carbocycles. The molecular weight excluding hydrogens is 527 g/mol. The molecule has 1 fully saturated rings. The van der Waals surface area contributed by atoms with E-state index in [2.05, 4.69) is 4.72 Å². The van der Waals surface area contributed by atoms with Crippen LogP contribution in [-0.4, -0.2) is 76.2 Å². The zero-order chi connectivity index (χ0) is 25.1. The largest absolute Gasteiger partial charge is 0.339 e. The van der Waals surface area contributed by atoms with Gasteiger partial charge in [-0.05, 0) is 52.8 Å². The molecule has 0 spiro atoms. The van der Waals surface area contributed by atoms with Crippen molar-refractivity contribution in [3.8, 4) is 0 Å². The number of hydrogen-bond donors (Lipinski definition) is 1. The highest BCUT2D eigenvalue weighted by Crippen LogP contribution is 2.23. The van der Waals surface area contributed by atoms with Gasteiger partial charge < -0.3 is 4.90 Å².